The van der Waals surface area contributed by atoms with Crippen molar-refractivity contribution in [3.05, 3.63) is 35.4 Å². The number of hydrogen-bond donors (Lipinski definition) is 3. The van der Waals surface area contributed by atoms with E-state index in [0.29, 0.717) is 13.1 Å². The molecule has 1 aromatic carbocycles. The number of guanidine groups is 1. The van der Waals surface area contributed by atoms with Gasteiger partial charge in [-0.1, -0.05) is 29.8 Å². The Morgan fingerprint density at radius 2 is 2.04 bits per heavy atom. The lowest BCUT2D eigenvalue weighted by molar-refractivity contribution is 0.0283. The normalized spacial score (nSPS) is 21.9. The predicted molar refractivity (Wildman–Crippen MR) is 109 cm³/mol. The number of aliphatic hydroxyl groups excluding tert-OH is 1. The van der Waals surface area contributed by atoms with Crippen LogP contribution in [0.3, 0.4) is 0 Å². The van der Waals surface area contributed by atoms with E-state index >= 15 is 0 Å². The number of nitrogens with zero attached hydrogens (tertiary/aromatic N) is 1. The van der Waals surface area contributed by atoms with Crippen molar-refractivity contribution in [3.63, 3.8) is 0 Å². The minimum atomic E-state index is -0.558. The van der Waals surface area contributed by atoms with Gasteiger partial charge in [0.15, 0.2) is 5.96 Å². The van der Waals surface area contributed by atoms with Crippen molar-refractivity contribution in [3.8, 4) is 0 Å². The van der Waals surface area contributed by atoms with Gasteiger partial charge in [0.1, 0.15) is 0 Å². The Morgan fingerprint density at radius 1 is 1.33 bits per heavy atom. The Bertz CT molecular complexity index is 514. The summed E-state index contributed by atoms with van der Waals surface area (Å²) in [5, 5.41) is 16.7. The number of rotatable bonds is 6. The second kappa shape index (κ2) is 10.2. The summed E-state index contributed by atoms with van der Waals surface area (Å²) >= 11 is 0. The van der Waals surface area contributed by atoms with Gasteiger partial charge in [-0.25, -0.2) is 0 Å². The van der Waals surface area contributed by atoms with E-state index in [9.17, 15) is 5.11 Å². The third-order valence-electron chi connectivity index (χ3n) is 4.14. The molecule has 0 aromatic heterocycles. The van der Waals surface area contributed by atoms with Crippen molar-refractivity contribution in [2.45, 2.75) is 45.3 Å². The van der Waals surface area contributed by atoms with Gasteiger partial charge in [0, 0.05) is 19.7 Å². The molecule has 1 fully saturated rings. The molecular formula is C18H30IN3O2. The number of aryl methyl sites for hydroxylation is 1. The molecule has 0 aliphatic carbocycles. The molecular weight excluding hydrogens is 417 g/mol. The third-order valence-corrected chi connectivity index (χ3v) is 4.14. The average Bonchev–Trinajstić information content (AvgIpc) is 2.97. The molecule has 136 valence electrons. The zero-order valence-electron chi connectivity index (χ0n) is 14.8. The van der Waals surface area contributed by atoms with Crippen LogP contribution in [0.4, 0.5) is 0 Å². The zero-order valence-corrected chi connectivity index (χ0v) is 17.2. The number of aliphatic hydroxyl groups is 1. The highest BCUT2D eigenvalue weighted by Gasteiger charge is 2.29. The Balaban J connectivity index is 0.00000288. The topological polar surface area (TPSA) is 65.9 Å². The molecule has 0 saturated carbocycles. The monoisotopic (exact) mass is 447 g/mol. The number of aliphatic imine (C=N–C) groups is 1. The molecule has 0 spiro atoms. The van der Waals surface area contributed by atoms with Crippen LogP contribution in [-0.2, 0) is 4.74 Å². The van der Waals surface area contributed by atoms with Crippen molar-refractivity contribution >= 4 is 29.9 Å². The fourth-order valence-corrected chi connectivity index (χ4v) is 2.65. The van der Waals surface area contributed by atoms with Crippen molar-refractivity contribution in [1.82, 2.24) is 10.6 Å². The van der Waals surface area contributed by atoms with Crippen LogP contribution < -0.4 is 10.6 Å². The summed E-state index contributed by atoms with van der Waals surface area (Å²) in [6.45, 7) is 8.83. The highest BCUT2D eigenvalue weighted by molar-refractivity contribution is 14.0. The maximum absolute atomic E-state index is 10.3. The minimum absolute atomic E-state index is 0. The second-order valence-corrected chi connectivity index (χ2v) is 6.40. The molecule has 3 N–H and O–H groups in total. The molecule has 2 unspecified atom stereocenters. The molecule has 1 aromatic rings. The predicted octanol–water partition coefficient (Wildman–Crippen LogP) is 2.77. The second-order valence-electron chi connectivity index (χ2n) is 6.40. The van der Waals surface area contributed by atoms with Gasteiger partial charge in [-0.2, -0.15) is 0 Å². The fraction of sp³-hybridized carbons (Fsp3) is 0.611. The van der Waals surface area contributed by atoms with E-state index in [-0.39, 0.29) is 29.6 Å². The minimum Gasteiger partial charge on any atom is -0.387 e. The summed E-state index contributed by atoms with van der Waals surface area (Å²) < 4.78 is 5.76. The van der Waals surface area contributed by atoms with E-state index in [1.165, 1.54) is 5.56 Å². The van der Waals surface area contributed by atoms with E-state index in [4.69, 9.17) is 4.74 Å². The van der Waals surface area contributed by atoms with Crippen molar-refractivity contribution in [1.29, 1.82) is 0 Å². The highest BCUT2D eigenvalue weighted by atomic mass is 127. The molecule has 2 rings (SSSR count). The van der Waals surface area contributed by atoms with Gasteiger partial charge in [-0.05, 0) is 39.2 Å². The maximum atomic E-state index is 10.3. The molecule has 0 radical (unpaired) electrons. The fourth-order valence-electron chi connectivity index (χ4n) is 2.65. The van der Waals surface area contributed by atoms with Gasteiger partial charge in [-0.15, -0.1) is 24.0 Å². The highest BCUT2D eigenvalue weighted by Crippen LogP contribution is 2.25. The van der Waals surface area contributed by atoms with Gasteiger partial charge < -0.3 is 20.5 Å². The number of benzene rings is 1. The van der Waals surface area contributed by atoms with E-state index in [0.717, 1.165) is 37.5 Å². The quantitative estimate of drug-likeness (QED) is 0.357. The van der Waals surface area contributed by atoms with Crippen molar-refractivity contribution in [2.24, 2.45) is 4.99 Å². The van der Waals surface area contributed by atoms with Gasteiger partial charge >= 0.3 is 0 Å². The first kappa shape index (κ1) is 21.2. The summed E-state index contributed by atoms with van der Waals surface area (Å²) in [5.74, 6) is 0.718. The smallest absolute Gasteiger partial charge is 0.191 e. The van der Waals surface area contributed by atoms with Crippen molar-refractivity contribution in [2.75, 3.05) is 26.2 Å². The largest absolute Gasteiger partial charge is 0.387 e. The van der Waals surface area contributed by atoms with Crippen LogP contribution in [0.15, 0.2) is 29.3 Å². The number of hydrogen-bond acceptors (Lipinski definition) is 3. The molecule has 1 heterocycles. The molecule has 24 heavy (non-hydrogen) atoms. The zero-order chi connectivity index (χ0) is 16.7. The summed E-state index contributed by atoms with van der Waals surface area (Å²) in [7, 11) is 0. The van der Waals surface area contributed by atoms with E-state index in [2.05, 4.69) is 22.5 Å². The summed E-state index contributed by atoms with van der Waals surface area (Å²) in [6, 6.07) is 7.94. The van der Waals surface area contributed by atoms with Crippen LogP contribution >= 0.6 is 24.0 Å². The lowest BCUT2D eigenvalue weighted by Crippen LogP contribution is -2.41. The van der Waals surface area contributed by atoms with Gasteiger partial charge in [-0.3, -0.25) is 4.99 Å². The van der Waals surface area contributed by atoms with E-state index in [1.807, 2.05) is 38.1 Å². The van der Waals surface area contributed by atoms with Crippen LogP contribution in [0.25, 0.3) is 0 Å². The maximum Gasteiger partial charge on any atom is 0.191 e. The first-order valence-corrected chi connectivity index (χ1v) is 8.43. The first-order chi connectivity index (χ1) is 11.0. The van der Waals surface area contributed by atoms with E-state index < -0.39 is 6.10 Å². The van der Waals surface area contributed by atoms with Gasteiger partial charge in [0.25, 0.3) is 0 Å². The molecule has 6 heteroatoms. The van der Waals surface area contributed by atoms with Gasteiger partial charge in [0.2, 0.25) is 0 Å². The van der Waals surface area contributed by atoms with Crippen LogP contribution in [-0.4, -0.2) is 42.9 Å². The molecule has 1 saturated heterocycles. The molecule has 1 aliphatic heterocycles. The number of halogens is 1. The molecule has 1 aliphatic rings. The number of ether oxygens (including phenoxy) is 1. The first-order valence-electron chi connectivity index (χ1n) is 8.43. The molecule has 0 amide bonds. The Hall–Kier alpha value is -0.860. The van der Waals surface area contributed by atoms with Crippen LogP contribution in [0.5, 0.6) is 0 Å². The molecule has 0 bridgehead atoms. The summed E-state index contributed by atoms with van der Waals surface area (Å²) in [5.41, 5.74) is 1.94. The summed E-state index contributed by atoms with van der Waals surface area (Å²) in [6.07, 6.45) is 1.59. The van der Waals surface area contributed by atoms with Crippen molar-refractivity contribution < 1.29 is 9.84 Å². The third kappa shape index (κ3) is 6.57. The Morgan fingerprint density at radius 3 is 2.62 bits per heavy atom. The van der Waals surface area contributed by atoms with E-state index in [1.54, 1.807) is 0 Å². The molecule has 5 nitrogen and oxygen atoms in total. The summed E-state index contributed by atoms with van der Waals surface area (Å²) in [4.78, 5) is 4.61. The van der Waals surface area contributed by atoms with Crippen LogP contribution in [0.2, 0.25) is 0 Å². The Labute approximate surface area is 162 Å². The van der Waals surface area contributed by atoms with Crippen LogP contribution in [0, 0.1) is 6.92 Å². The average molecular weight is 447 g/mol. The van der Waals surface area contributed by atoms with Gasteiger partial charge in [0.05, 0.1) is 18.2 Å². The lowest BCUT2D eigenvalue weighted by Gasteiger charge is -2.22. The van der Waals surface area contributed by atoms with Crippen LogP contribution in [0.1, 0.15) is 43.9 Å². The molecule has 2 atom stereocenters. The lowest BCUT2D eigenvalue weighted by atomic mass is 10.0. The standard InChI is InChI=1S/C18H29N3O2.HI/c1-4-19-17(21-13-18(3)10-5-11-23-18)20-12-16(22)15-8-6-14(2)7-9-15;/h6-9,16,22H,4-5,10-13H2,1-3H3,(H2,19,20,21);1H. The number of nitrogens with one attached hydrogen (secondary N) is 2. The Kier molecular flexibility index (Phi) is 9.01. The SMILES string of the molecule is CCNC(=NCC1(C)CCCO1)NCC(O)c1ccc(C)cc1.I.